The number of aromatic nitrogens is 1. The fourth-order valence-corrected chi connectivity index (χ4v) is 1.62. The highest BCUT2D eigenvalue weighted by atomic mass is 35.5. The first-order valence-corrected chi connectivity index (χ1v) is 6.34. The van der Waals surface area contributed by atoms with Crippen molar-refractivity contribution in [2.24, 2.45) is 9.98 Å². The van der Waals surface area contributed by atoms with Gasteiger partial charge in [-0.25, -0.2) is 19.1 Å². The summed E-state index contributed by atoms with van der Waals surface area (Å²) in [5, 5.41) is 8.99. The van der Waals surface area contributed by atoms with Crippen LogP contribution in [0.1, 0.15) is 36.8 Å². The lowest BCUT2D eigenvalue weighted by Gasteiger charge is -2.20. The summed E-state index contributed by atoms with van der Waals surface area (Å²) in [5.41, 5.74) is -0.610. The molecule has 0 amide bonds. The maximum atomic E-state index is 12.2. The molecule has 0 aliphatic rings. The second kappa shape index (κ2) is 6.09. The number of amidine groups is 1. The van der Waals surface area contributed by atoms with Gasteiger partial charge in [-0.1, -0.05) is 0 Å². The number of aliphatic imine (C=N–C) groups is 2. The van der Waals surface area contributed by atoms with Gasteiger partial charge in [0, 0.05) is 0 Å². The Hall–Kier alpha value is -2.15. The Labute approximate surface area is 126 Å². The number of hydrogen-bond acceptors (Lipinski definition) is 4. The second-order valence-electron chi connectivity index (χ2n) is 5.20. The molecule has 8 heteroatoms. The van der Waals surface area contributed by atoms with Gasteiger partial charge in [0.25, 0.3) is 0 Å². The highest BCUT2D eigenvalue weighted by Gasteiger charge is 2.26. The number of carboxylic acids is 1. The zero-order valence-electron chi connectivity index (χ0n) is 12.2. The van der Waals surface area contributed by atoms with Crippen molar-refractivity contribution in [2.45, 2.75) is 33.3 Å². The molecular weight excluding hydrogens is 298 g/mol. The highest BCUT2D eigenvalue weighted by Crippen LogP contribution is 2.26. The van der Waals surface area contributed by atoms with Gasteiger partial charge in [-0.2, -0.15) is 4.99 Å². The Kier molecular flexibility index (Phi) is 4.90. The van der Waals surface area contributed by atoms with Gasteiger partial charge in [-0.3, -0.25) is 0 Å². The normalized spacial score (nSPS) is 12.1. The van der Waals surface area contributed by atoms with Gasteiger partial charge in [-0.15, -0.1) is 0 Å². The van der Waals surface area contributed by atoms with Crippen LogP contribution in [0, 0.1) is 6.92 Å². The molecule has 0 radical (unpaired) electrons. The van der Waals surface area contributed by atoms with E-state index in [1.807, 2.05) is 0 Å². The van der Waals surface area contributed by atoms with Crippen LogP contribution in [0.3, 0.4) is 0 Å². The number of ether oxygens (including phenoxy) is 1. The van der Waals surface area contributed by atoms with Crippen molar-refractivity contribution in [3.8, 4) is 0 Å². The van der Waals surface area contributed by atoms with Crippen LogP contribution in [0.15, 0.2) is 16.1 Å². The molecule has 1 aromatic heterocycles. The maximum Gasteiger partial charge on any atom is 0.420 e. The van der Waals surface area contributed by atoms with Crippen molar-refractivity contribution in [3.63, 3.8) is 0 Å². The molecule has 1 N–H and O–H groups in total. The quantitative estimate of drug-likeness (QED) is 0.515. The molecule has 0 bridgehead atoms. The van der Waals surface area contributed by atoms with Gasteiger partial charge in [-0.05, 0) is 57.6 Å². The summed E-state index contributed by atoms with van der Waals surface area (Å²) in [4.78, 5) is 30.8. The summed E-state index contributed by atoms with van der Waals surface area (Å²) < 4.78 is 6.03. The molecule has 1 aromatic rings. The summed E-state index contributed by atoms with van der Waals surface area (Å²) in [6, 6.07) is 1.30. The number of aromatic carboxylic acids is 1. The number of hydrogen-bond donors (Lipinski definition) is 1. The summed E-state index contributed by atoms with van der Waals surface area (Å²) in [6.07, 6.45) is -0.861. The van der Waals surface area contributed by atoms with Gasteiger partial charge >= 0.3 is 12.1 Å². The van der Waals surface area contributed by atoms with Crippen molar-refractivity contribution >= 4 is 41.5 Å². The summed E-state index contributed by atoms with van der Waals surface area (Å²) in [7, 11) is 0. The van der Waals surface area contributed by atoms with Crippen LogP contribution in [0.25, 0.3) is 0 Å². The van der Waals surface area contributed by atoms with Crippen molar-refractivity contribution in [3.05, 3.63) is 17.3 Å². The Balaban J connectivity index is 3.48. The van der Waals surface area contributed by atoms with E-state index in [4.69, 9.17) is 16.3 Å². The topological polar surface area (TPSA) is 93.2 Å². The molecule has 0 aliphatic carbocycles. The summed E-state index contributed by atoms with van der Waals surface area (Å²) in [5.74, 6) is -1.24. The summed E-state index contributed by atoms with van der Waals surface area (Å²) >= 11 is 5.68. The minimum Gasteiger partial charge on any atom is -0.477 e. The molecule has 0 saturated carbocycles. The Bertz CT molecular complexity index is 626. The number of rotatable bonds is 2. The van der Waals surface area contributed by atoms with Crippen molar-refractivity contribution in [2.75, 3.05) is 0 Å². The van der Waals surface area contributed by atoms with E-state index in [2.05, 4.69) is 16.7 Å². The number of nitrogens with zero attached hydrogens (tertiary/aromatic N) is 3. The van der Waals surface area contributed by atoms with Crippen LogP contribution >= 0.6 is 11.6 Å². The molecule has 114 valence electrons. The van der Waals surface area contributed by atoms with E-state index in [-0.39, 0.29) is 16.8 Å². The zero-order chi connectivity index (χ0) is 16.4. The van der Waals surface area contributed by atoms with Crippen LogP contribution in [0.4, 0.5) is 10.6 Å². The third kappa shape index (κ3) is 4.16. The van der Waals surface area contributed by atoms with Crippen LogP contribution in [0.2, 0.25) is 0 Å². The van der Waals surface area contributed by atoms with Crippen molar-refractivity contribution in [1.29, 1.82) is 0 Å². The molecular formula is C13H16ClN3O4. The summed E-state index contributed by atoms with van der Waals surface area (Å²) in [6.45, 7) is 9.81. The average molecular weight is 314 g/mol. The van der Waals surface area contributed by atoms with Crippen molar-refractivity contribution < 1.29 is 19.4 Å². The first-order valence-electron chi connectivity index (χ1n) is 5.96. The molecule has 0 saturated heterocycles. The molecule has 1 rings (SSSR count). The van der Waals surface area contributed by atoms with Gasteiger partial charge in [0.2, 0.25) is 5.29 Å². The third-order valence-electron chi connectivity index (χ3n) is 2.28. The van der Waals surface area contributed by atoms with Crippen LogP contribution in [0.5, 0.6) is 0 Å². The van der Waals surface area contributed by atoms with Gasteiger partial charge in [0.1, 0.15) is 17.1 Å². The molecule has 0 atom stereocenters. The van der Waals surface area contributed by atoms with E-state index < -0.39 is 17.7 Å². The van der Waals surface area contributed by atoms with Gasteiger partial charge in [0.15, 0.2) is 0 Å². The largest absolute Gasteiger partial charge is 0.477 e. The predicted octanol–water partition coefficient (Wildman–Crippen LogP) is 3.20. The van der Waals surface area contributed by atoms with E-state index in [1.54, 1.807) is 27.7 Å². The highest BCUT2D eigenvalue weighted by molar-refractivity contribution is 6.65. The molecule has 7 nitrogen and oxygen atoms in total. The standard InChI is InChI=1S/C13H16ClN3O4/c1-7-6-8(10(18)19)17(9(7)16-11(14)15-5)12(20)21-13(2,3)4/h6H,5H2,1-4H3,(H,18,19). The van der Waals surface area contributed by atoms with Crippen LogP contribution in [-0.4, -0.2) is 39.3 Å². The Morgan fingerprint density at radius 1 is 1.43 bits per heavy atom. The number of aryl methyl sites for hydroxylation is 1. The lowest BCUT2D eigenvalue weighted by Crippen LogP contribution is -2.28. The first-order chi connectivity index (χ1) is 9.56. The lowest BCUT2D eigenvalue weighted by molar-refractivity contribution is 0.0509. The molecule has 0 spiro atoms. The number of halogens is 1. The van der Waals surface area contributed by atoms with E-state index in [0.717, 1.165) is 4.57 Å². The Morgan fingerprint density at radius 2 is 2.00 bits per heavy atom. The zero-order valence-corrected chi connectivity index (χ0v) is 12.9. The van der Waals surface area contributed by atoms with E-state index in [9.17, 15) is 14.7 Å². The smallest absolute Gasteiger partial charge is 0.420 e. The molecule has 0 unspecified atom stereocenters. The molecule has 0 fully saturated rings. The number of carbonyl (C=O) groups excluding carboxylic acids is 1. The monoisotopic (exact) mass is 313 g/mol. The molecule has 1 heterocycles. The average Bonchev–Trinajstić information content (AvgIpc) is 2.65. The van der Waals surface area contributed by atoms with Crippen LogP contribution in [-0.2, 0) is 4.74 Å². The maximum absolute atomic E-state index is 12.2. The molecule has 0 aliphatic heterocycles. The lowest BCUT2D eigenvalue weighted by atomic mass is 10.2. The fraction of sp³-hybridized carbons (Fsp3) is 0.385. The number of carboxylic acid groups (broad SMARTS) is 1. The van der Waals surface area contributed by atoms with Gasteiger partial charge in [0.05, 0.1) is 0 Å². The first kappa shape index (κ1) is 16.9. The minimum atomic E-state index is -1.28. The van der Waals surface area contributed by atoms with Gasteiger partial charge < -0.3 is 9.84 Å². The van der Waals surface area contributed by atoms with E-state index in [0.29, 0.717) is 5.56 Å². The Morgan fingerprint density at radius 3 is 2.43 bits per heavy atom. The fourth-order valence-electron chi connectivity index (χ4n) is 1.54. The predicted molar refractivity (Wildman–Crippen MR) is 80.3 cm³/mol. The molecule has 21 heavy (non-hydrogen) atoms. The van der Waals surface area contributed by atoms with E-state index >= 15 is 0 Å². The van der Waals surface area contributed by atoms with E-state index in [1.165, 1.54) is 6.07 Å². The second-order valence-corrected chi connectivity index (χ2v) is 5.53. The van der Waals surface area contributed by atoms with Crippen LogP contribution < -0.4 is 0 Å². The minimum absolute atomic E-state index is 0.0408. The number of carbonyl (C=O) groups is 2. The molecule has 0 aromatic carbocycles. The van der Waals surface area contributed by atoms with Crippen molar-refractivity contribution in [1.82, 2.24) is 4.57 Å². The third-order valence-corrected chi connectivity index (χ3v) is 2.49. The SMILES string of the molecule is C=NC(Cl)=Nc1c(C)cc(C(=O)O)n1C(=O)OC(C)(C)C.